The monoisotopic (exact) mass is 489 g/mol. The van der Waals surface area contributed by atoms with Gasteiger partial charge < -0.3 is 19.9 Å². The van der Waals surface area contributed by atoms with E-state index in [-0.39, 0.29) is 18.4 Å². The van der Waals surface area contributed by atoms with Gasteiger partial charge in [0.1, 0.15) is 17.6 Å². The molecule has 1 aliphatic carbocycles. The molecule has 36 heavy (non-hydrogen) atoms. The number of carbonyl (C=O) groups is 2. The summed E-state index contributed by atoms with van der Waals surface area (Å²) in [6.07, 6.45) is 5.79. The molecule has 0 spiro atoms. The van der Waals surface area contributed by atoms with E-state index in [1.54, 1.807) is 20.2 Å². The van der Waals surface area contributed by atoms with Crippen LogP contribution >= 0.6 is 0 Å². The standard InChI is InChI=1S/C25H27N7O4/c1-15-28-23(31-36-15)17-8-7-16-9-11-26-24(19(16)13-17)27-12-10-22(33)29-21-14-20(32(2)30-21)25(34)35-18-5-3-4-6-18/h7-9,11,13-14,18H,3-6,10,12H2,1-2H3,(H,26,27)(H,29,30,33). The minimum Gasteiger partial charge on any atom is -0.458 e. The maximum atomic E-state index is 12.5. The number of hydrogen-bond acceptors (Lipinski definition) is 9. The van der Waals surface area contributed by atoms with Crippen molar-refractivity contribution in [1.82, 2.24) is 24.9 Å². The van der Waals surface area contributed by atoms with Crippen molar-refractivity contribution >= 4 is 34.3 Å². The van der Waals surface area contributed by atoms with Crippen molar-refractivity contribution in [2.45, 2.75) is 45.1 Å². The fourth-order valence-corrected chi connectivity index (χ4v) is 4.30. The van der Waals surface area contributed by atoms with E-state index in [0.29, 0.717) is 35.6 Å². The van der Waals surface area contributed by atoms with Gasteiger partial charge in [-0.25, -0.2) is 9.78 Å². The first-order chi connectivity index (χ1) is 17.5. The van der Waals surface area contributed by atoms with Crippen molar-refractivity contribution in [1.29, 1.82) is 0 Å². The van der Waals surface area contributed by atoms with Crippen molar-refractivity contribution in [2.24, 2.45) is 7.05 Å². The molecule has 0 atom stereocenters. The molecule has 4 aromatic rings. The van der Waals surface area contributed by atoms with Crippen LogP contribution in [0.2, 0.25) is 0 Å². The highest BCUT2D eigenvalue weighted by Gasteiger charge is 2.23. The lowest BCUT2D eigenvalue weighted by molar-refractivity contribution is -0.116. The van der Waals surface area contributed by atoms with Crippen molar-refractivity contribution in [3.63, 3.8) is 0 Å². The Labute approximate surface area is 207 Å². The molecule has 186 valence electrons. The van der Waals surface area contributed by atoms with Crippen LogP contribution < -0.4 is 10.6 Å². The second kappa shape index (κ2) is 10.1. The molecule has 1 aliphatic rings. The van der Waals surface area contributed by atoms with Crippen LogP contribution in [0, 0.1) is 6.92 Å². The van der Waals surface area contributed by atoms with Crippen LogP contribution in [0.3, 0.4) is 0 Å². The number of ether oxygens (including phenoxy) is 1. The van der Waals surface area contributed by atoms with Crippen molar-refractivity contribution in [3.8, 4) is 11.4 Å². The molecule has 2 N–H and O–H groups in total. The number of fused-ring (bicyclic) bond motifs is 1. The van der Waals surface area contributed by atoms with E-state index in [1.807, 2.05) is 24.3 Å². The number of aryl methyl sites for hydroxylation is 2. The van der Waals surface area contributed by atoms with Crippen LogP contribution in [-0.2, 0) is 16.6 Å². The van der Waals surface area contributed by atoms with Gasteiger partial charge in [-0.1, -0.05) is 17.3 Å². The summed E-state index contributed by atoms with van der Waals surface area (Å²) in [7, 11) is 1.65. The Morgan fingerprint density at radius 2 is 2.03 bits per heavy atom. The van der Waals surface area contributed by atoms with E-state index in [1.165, 1.54) is 10.7 Å². The fraction of sp³-hybridized carbons (Fsp3) is 0.360. The van der Waals surface area contributed by atoms with Gasteiger partial charge in [-0.15, -0.1) is 0 Å². The number of nitrogens with zero attached hydrogens (tertiary/aromatic N) is 5. The summed E-state index contributed by atoms with van der Waals surface area (Å²) in [6, 6.07) is 9.28. The number of rotatable bonds is 8. The van der Waals surface area contributed by atoms with Gasteiger partial charge in [0.25, 0.3) is 0 Å². The molecule has 1 saturated carbocycles. The molecule has 0 bridgehead atoms. The minimum atomic E-state index is -0.420. The summed E-state index contributed by atoms with van der Waals surface area (Å²) in [6.45, 7) is 2.10. The number of hydrogen-bond donors (Lipinski definition) is 2. The summed E-state index contributed by atoms with van der Waals surface area (Å²) < 4.78 is 12.0. The predicted octanol–water partition coefficient (Wildman–Crippen LogP) is 3.87. The number of pyridine rings is 1. The first-order valence-electron chi connectivity index (χ1n) is 11.9. The molecule has 1 amide bonds. The smallest absolute Gasteiger partial charge is 0.356 e. The molecule has 1 fully saturated rings. The molecule has 3 heterocycles. The van der Waals surface area contributed by atoms with Gasteiger partial charge >= 0.3 is 5.97 Å². The van der Waals surface area contributed by atoms with Crippen molar-refractivity contribution in [2.75, 3.05) is 17.2 Å². The molecule has 11 nitrogen and oxygen atoms in total. The van der Waals surface area contributed by atoms with Gasteiger partial charge in [0.15, 0.2) is 5.82 Å². The third kappa shape index (κ3) is 5.19. The molecule has 0 radical (unpaired) electrons. The molecule has 0 unspecified atom stereocenters. The van der Waals surface area contributed by atoms with Crippen LogP contribution in [0.4, 0.5) is 11.6 Å². The maximum Gasteiger partial charge on any atom is 0.356 e. The number of nitrogens with one attached hydrogen (secondary N) is 2. The molecule has 0 saturated heterocycles. The molecule has 1 aromatic carbocycles. The Kier molecular flexibility index (Phi) is 6.61. The predicted molar refractivity (Wildman–Crippen MR) is 132 cm³/mol. The Balaban J connectivity index is 1.19. The SMILES string of the molecule is Cc1nc(-c2ccc3ccnc(NCCC(=O)Nc4cc(C(=O)OC5CCCC5)n(C)n4)c3c2)no1. The van der Waals surface area contributed by atoms with Gasteiger partial charge in [-0.05, 0) is 43.2 Å². The highest BCUT2D eigenvalue weighted by molar-refractivity contribution is 5.95. The third-order valence-corrected chi connectivity index (χ3v) is 6.13. The molecular formula is C25H27N7O4. The van der Waals surface area contributed by atoms with Crippen molar-refractivity contribution < 1.29 is 18.8 Å². The molecule has 11 heteroatoms. The van der Waals surface area contributed by atoms with E-state index in [4.69, 9.17) is 9.26 Å². The number of benzene rings is 1. The Bertz CT molecular complexity index is 1400. The molecule has 3 aromatic heterocycles. The fourth-order valence-electron chi connectivity index (χ4n) is 4.30. The quantitative estimate of drug-likeness (QED) is 0.353. The lowest BCUT2D eigenvalue weighted by Crippen LogP contribution is -2.17. The van der Waals surface area contributed by atoms with Crippen LogP contribution in [0.5, 0.6) is 0 Å². The average molecular weight is 490 g/mol. The van der Waals surface area contributed by atoms with E-state index >= 15 is 0 Å². The number of aromatic nitrogens is 5. The summed E-state index contributed by atoms with van der Waals surface area (Å²) in [5.74, 6) is 1.30. The van der Waals surface area contributed by atoms with Crippen LogP contribution in [0.1, 0.15) is 48.5 Å². The Hall–Kier alpha value is -4.28. The number of carbonyl (C=O) groups excluding carboxylic acids is 2. The number of amides is 1. The van der Waals surface area contributed by atoms with Gasteiger partial charge in [0.05, 0.1) is 0 Å². The van der Waals surface area contributed by atoms with E-state index < -0.39 is 5.97 Å². The van der Waals surface area contributed by atoms with Gasteiger partial charge in [-0.2, -0.15) is 10.1 Å². The van der Waals surface area contributed by atoms with Crippen molar-refractivity contribution in [3.05, 3.63) is 48.1 Å². The minimum absolute atomic E-state index is 0.0356. The summed E-state index contributed by atoms with van der Waals surface area (Å²) >= 11 is 0. The molecule has 0 aliphatic heterocycles. The van der Waals surface area contributed by atoms with Crippen LogP contribution in [0.15, 0.2) is 41.1 Å². The summed E-state index contributed by atoms with van der Waals surface area (Å²) in [5.41, 5.74) is 1.12. The topological polar surface area (TPSA) is 137 Å². The van der Waals surface area contributed by atoms with E-state index in [9.17, 15) is 9.59 Å². The van der Waals surface area contributed by atoms with Crippen LogP contribution in [0.25, 0.3) is 22.2 Å². The van der Waals surface area contributed by atoms with Gasteiger partial charge in [0, 0.05) is 50.1 Å². The summed E-state index contributed by atoms with van der Waals surface area (Å²) in [4.78, 5) is 33.7. The maximum absolute atomic E-state index is 12.5. The average Bonchev–Trinajstić information content (AvgIpc) is 3.61. The Morgan fingerprint density at radius 1 is 1.19 bits per heavy atom. The highest BCUT2D eigenvalue weighted by atomic mass is 16.5. The van der Waals surface area contributed by atoms with Gasteiger partial charge in [0.2, 0.25) is 17.6 Å². The van der Waals surface area contributed by atoms with E-state index in [2.05, 4.69) is 30.9 Å². The third-order valence-electron chi connectivity index (χ3n) is 6.13. The first-order valence-corrected chi connectivity index (χ1v) is 11.9. The normalized spacial score (nSPS) is 13.7. The zero-order valence-corrected chi connectivity index (χ0v) is 20.2. The number of anilines is 2. The first kappa shape index (κ1) is 23.5. The lowest BCUT2D eigenvalue weighted by Gasteiger charge is -2.10. The van der Waals surface area contributed by atoms with Gasteiger partial charge in [-0.3, -0.25) is 9.48 Å². The number of esters is 1. The highest BCUT2D eigenvalue weighted by Crippen LogP contribution is 2.27. The Morgan fingerprint density at radius 3 is 2.81 bits per heavy atom. The van der Waals surface area contributed by atoms with E-state index in [0.717, 1.165) is 42.0 Å². The second-order valence-electron chi connectivity index (χ2n) is 8.81. The zero-order valence-electron chi connectivity index (χ0n) is 20.2. The van der Waals surface area contributed by atoms with Crippen LogP contribution in [-0.4, -0.2) is 49.4 Å². The largest absolute Gasteiger partial charge is 0.458 e. The second-order valence-corrected chi connectivity index (χ2v) is 8.81. The molecular weight excluding hydrogens is 462 g/mol. The lowest BCUT2D eigenvalue weighted by atomic mass is 10.1. The molecule has 5 rings (SSSR count). The summed E-state index contributed by atoms with van der Waals surface area (Å²) in [5, 5.41) is 16.0. The zero-order chi connectivity index (χ0) is 25.1.